The average Bonchev–Trinajstić information content (AvgIpc) is 3.37. The Morgan fingerprint density at radius 2 is 2.03 bits per heavy atom. The van der Waals surface area contributed by atoms with Crippen molar-refractivity contribution < 1.29 is 5.11 Å². The van der Waals surface area contributed by atoms with E-state index in [4.69, 9.17) is 9.98 Å². The zero-order chi connectivity index (χ0) is 20.7. The second-order valence-corrected chi connectivity index (χ2v) is 8.36. The maximum Gasteiger partial charge on any atom is 0.326 e. The van der Waals surface area contributed by atoms with Crippen LogP contribution in [0, 0.1) is 5.92 Å². The molecule has 0 aliphatic heterocycles. The first kappa shape index (κ1) is 18.8. The van der Waals surface area contributed by atoms with Gasteiger partial charge in [-0.05, 0) is 44.6 Å². The fourth-order valence-electron chi connectivity index (χ4n) is 4.10. The molecule has 2 aliphatic carbocycles. The highest BCUT2D eigenvalue weighted by atomic mass is 16.3. The van der Waals surface area contributed by atoms with E-state index < -0.39 is 5.69 Å². The van der Waals surface area contributed by atoms with Gasteiger partial charge >= 0.3 is 5.69 Å². The van der Waals surface area contributed by atoms with Crippen LogP contribution in [0.4, 0.5) is 5.95 Å². The van der Waals surface area contributed by atoms with Gasteiger partial charge < -0.3 is 15.4 Å². The zero-order valence-corrected chi connectivity index (χ0v) is 16.9. The number of rotatable bonds is 5. The van der Waals surface area contributed by atoms with Gasteiger partial charge in [0.2, 0.25) is 11.8 Å². The highest BCUT2D eigenvalue weighted by molar-refractivity contribution is 5.57. The molecule has 5 rings (SSSR count). The predicted molar refractivity (Wildman–Crippen MR) is 111 cm³/mol. The van der Waals surface area contributed by atoms with Gasteiger partial charge in [-0.1, -0.05) is 19.3 Å². The Labute approximate surface area is 172 Å². The van der Waals surface area contributed by atoms with E-state index in [1.165, 1.54) is 32.1 Å². The summed E-state index contributed by atoms with van der Waals surface area (Å²) < 4.78 is 1.61. The third-order valence-corrected chi connectivity index (χ3v) is 5.97. The molecular weight excluding hydrogens is 384 g/mol. The normalized spacial score (nSPS) is 20.2. The Balaban J connectivity index is 1.57. The van der Waals surface area contributed by atoms with Gasteiger partial charge in [-0.3, -0.25) is 4.98 Å². The van der Waals surface area contributed by atoms with Gasteiger partial charge in [-0.25, -0.2) is 9.79 Å². The number of aromatic hydroxyl groups is 1. The zero-order valence-electron chi connectivity index (χ0n) is 16.9. The minimum Gasteiger partial charge on any atom is -0.493 e. The summed E-state index contributed by atoms with van der Waals surface area (Å²) in [5.41, 5.74) is 0.897. The molecule has 10 heteroatoms. The van der Waals surface area contributed by atoms with Crippen LogP contribution >= 0.6 is 0 Å². The highest BCUT2D eigenvalue weighted by Gasteiger charge is 2.23. The lowest BCUT2D eigenvalue weighted by atomic mass is 9.85. The maximum absolute atomic E-state index is 11.4. The Hall–Kier alpha value is -3.17. The topological polar surface area (TPSA) is 136 Å². The molecule has 10 nitrogen and oxygen atoms in total. The van der Waals surface area contributed by atoms with E-state index in [1.54, 1.807) is 16.8 Å². The molecule has 3 heterocycles. The number of nitrogens with zero attached hydrogens (tertiary/aromatic N) is 5. The minimum atomic E-state index is -0.474. The van der Waals surface area contributed by atoms with Crippen molar-refractivity contribution in [3.05, 3.63) is 33.2 Å². The summed E-state index contributed by atoms with van der Waals surface area (Å²) in [6.07, 6.45) is 11.7. The predicted octanol–water partition coefficient (Wildman–Crippen LogP) is 0.838. The first-order chi connectivity index (χ1) is 14.6. The van der Waals surface area contributed by atoms with Crippen molar-refractivity contribution >= 4 is 17.7 Å². The molecule has 0 aromatic carbocycles. The lowest BCUT2D eigenvalue weighted by Crippen LogP contribution is -2.31. The molecule has 3 aromatic heterocycles. The minimum absolute atomic E-state index is 0.222. The van der Waals surface area contributed by atoms with Gasteiger partial charge in [-0.2, -0.15) is 19.6 Å². The van der Waals surface area contributed by atoms with Gasteiger partial charge in [0.1, 0.15) is 5.69 Å². The number of nitrogens with one attached hydrogen (secondary N) is 3. The van der Waals surface area contributed by atoms with Gasteiger partial charge in [0.25, 0.3) is 5.62 Å². The van der Waals surface area contributed by atoms with Gasteiger partial charge in [0.05, 0.1) is 12.2 Å². The number of imidazole rings is 1. The smallest absolute Gasteiger partial charge is 0.326 e. The summed E-state index contributed by atoms with van der Waals surface area (Å²) in [7, 11) is 0. The largest absolute Gasteiger partial charge is 0.493 e. The second-order valence-electron chi connectivity index (χ2n) is 8.36. The van der Waals surface area contributed by atoms with Crippen LogP contribution in [0.3, 0.4) is 0 Å². The number of fused-ring (bicyclic) bond motifs is 1. The molecule has 3 aromatic rings. The van der Waals surface area contributed by atoms with Crippen LogP contribution in [0.1, 0.15) is 57.6 Å². The Kier molecular flexibility index (Phi) is 4.76. The first-order valence-corrected chi connectivity index (χ1v) is 10.7. The van der Waals surface area contributed by atoms with Crippen molar-refractivity contribution in [3.8, 4) is 5.88 Å². The van der Waals surface area contributed by atoms with Crippen molar-refractivity contribution in [3.63, 3.8) is 0 Å². The summed E-state index contributed by atoms with van der Waals surface area (Å²) >= 11 is 0. The molecule has 0 unspecified atom stereocenters. The molecule has 1 atom stereocenters. The van der Waals surface area contributed by atoms with Crippen molar-refractivity contribution in [1.29, 1.82) is 0 Å². The molecule has 158 valence electrons. The monoisotopic (exact) mass is 410 g/mol. The molecule has 0 spiro atoms. The number of hydrogen-bond donors (Lipinski definition) is 4. The number of anilines is 1. The van der Waals surface area contributed by atoms with Crippen molar-refractivity contribution in [2.75, 3.05) is 5.32 Å². The van der Waals surface area contributed by atoms with Gasteiger partial charge in [-0.15, -0.1) is 0 Å². The van der Waals surface area contributed by atoms with E-state index in [9.17, 15) is 9.90 Å². The maximum atomic E-state index is 11.4. The van der Waals surface area contributed by atoms with Crippen LogP contribution in [-0.2, 0) is 0 Å². The second kappa shape index (κ2) is 7.58. The highest BCUT2D eigenvalue weighted by Crippen LogP contribution is 2.27. The van der Waals surface area contributed by atoms with Crippen LogP contribution in [-0.4, -0.2) is 46.7 Å². The van der Waals surface area contributed by atoms with E-state index in [2.05, 4.69) is 32.3 Å². The fraction of sp³-hybridized carbons (Fsp3) is 0.550. The third kappa shape index (κ3) is 3.81. The molecule has 4 N–H and O–H groups in total. The first-order valence-electron chi connectivity index (χ1n) is 10.7. The molecule has 2 aliphatic rings. The van der Waals surface area contributed by atoms with Gasteiger partial charge in [0, 0.05) is 11.3 Å². The van der Waals surface area contributed by atoms with Crippen LogP contribution < -0.4 is 21.8 Å². The molecule has 2 fully saturated rings. The lowest BCUT2D eigenvalue weighted by Gasteiger charge is -2.28. The van der Waals surface area contributed by atoms with E-state index in [0.717, 1.165) is 12.8 Å². The Morgan fingerprint density at radius 1 is 1.23 bits per heavy atom. The standard InChI is InChI=1S/C20H26N8O2/c1-11(12-5-3-2-4-6-12)22-18-25-16-13(9-15-17(29)26-20(30)24-15)10-21-28(16)19(27-18)23-14-7-8-14/h9-12,14,29H,2-8H2,1H3,(H,22,23,27)(H2,24,26,30)/b13-9+/t11-/m0/s1. The van der Waals surface area contributed by atoms with Crippen LogP contribution in [0.15, 0.2) is 16.0 Å². The Morgan fingerprint density at radius 3 is 2.73 bits per heavy atom. The summed E-state index contributed by atoms with van der Waals surface area (Å²) in [4.78, 5) is 30.4. The number of H-pyrrole nitrogens is 2. The molecule has 30 heavy (non-hydrogen) atoms. The summed E-state index contributed by atoms with van der Waals surface area (Å²) in [5.74, 6) is 0.919. The molecule has 0 bridgehead atoms. The molecular formula is C20H26N8O2. The number of aromatic amines is 2. The van der Waals surface area contributed by atoms with E-state index >= 15 is 0 Å². The lowest BCUT2D eigenvalue weighted by molar-refractivity contribution is 0.327. The molecule has 0 radical (unpaired) electrons. The number of hydrogen-bond acceptors (Lipinski definition) is 7. The number of aromatic nitrogens is 6. The summed E-state index contributed by atoms with van der Waals surface area (Å²) in [5, 5.41) is 18.4. The summed E-state index contributed by atoms with van der Waals surface area (Å²) in [6.45, 7) is 2.19. The molecule has 0 amide bonds. The SMILES string of the molecule is C[C@H](Nc1nc(=NC2CC2)n2nc/c(=C\c3[nH]c(=O)[nH]c3O)c2n1)C1CCCCC1. The van der Waals surface area contributed by atoms with Crippen LogP contribution in [0.25, 0.3) is 11.7 Å². The average molecular weight is 410 g/mol. The fourth-order valence-corrected chi connectivity index (χ4v) is 4.10. The van der Waals surface area contributed by atoms with E-state index in [1.807, 2.05) is 0 Å². The Bertz CT molecular complexity index is 1230. The van der Waals surface area contributed by atoms with Crippen molar-refractivity contribution in [1.82, 2.24) is 29.5 Å². The van der Waals surface area contributed by atoms with Crippen LogP contribution in [0.5, 0.6) is 5.88 Å². The van der Waals surface area contributed by atoms with Gasteiger partial charge in [0.15, 0.2) is 5.65 Å². The van der Waals surface area contributed by atoms with Crippen LogP contribution in [0.2, 0.25) is 0 Å². The van der Waals surface area contributed by atoms with Crippen molar-refractivity contribution in [2.45, 2.75) is 64.0 Å². The molecule has 2 saturated carbocycles. The third-order valence-electron chi connectivity index (χ3n) is 5.97. The van der Waals surface area contributed by atoms with E-state index in [0.29, 0.717) is 28.4 Å². The summed E-state index contributed by atoms with van der Waals surface area (Å²) in [6, 6.07) is 0.551. The van der Waals surface area contributed by atoms with Crippen molar-refractivity contribution in [2.24, 2.45) is 10.9 Å². The molecule has 0 saturated heterocycles. The van der Waals surface area contributed by atoms with E-state index in [-0.39, 0.29) is 23.7 Å². The quantitative estimate of drug-likeness (QED) is 0.492.